The van der Waals surface area contributed by atoms with Gasteiger partial charge in [-0.25, -0.2) is 4.39 Å². The van der Waals surface area contributed by atoms with Crippen LogP contribution >= 0.6 is 11.6 Å². The number of hydrogen-bond donors (Lipinski definition) is 1. The van der Waals surface area contributed by atoms with Crippen LogP contribution in [0.5, 0.6) is 0 Å². The molecule has 0 atom stereocenters. The third-order valence-corrected chi connectivity index (χ3v) is 4.71. The number of carbonyl (C=O) groups is 2. The third-order valence-electron chi connectivity index (χ3n) is 4.47. The van der Waals surface area contributed by atoms with Gasteiger partial charge in [-0.05, 0) is 43.2 Å². The molecule has 1 aliphatic rings. The topological polar surface area (TPSA) is 49.4 Å². The molecule has 0 unspecified atom stereocenters. The Hall–Kier alpha value is -2.40. The monoisotopic (exact) mass is 374 g/mol. The lowest BCUT2D eigenvalue weighted by Crippen LogP contribution is -2.32. The largest absolute Gasteiger partial charge is 0.339 e. The van der Waals surface area contributed by atoms with Gasteiger partial charge in [0.2, 0.25) is 0 Å². The number of amides is 2. The smallest absolute Gasteiger partial charge is 0.258 e. The van der Waals surface area contributed by atoms with Crippen molar-refractivity contribution < 1.29 is 14.0 Å². The molecule has 136 valence electrons. The van der Waals surface area contributed by atoms with Crippen molar-refractivity contribution in [2.24, 2.45) is 0 Å². The van der Waals surface area contributed by atoms with Gasteiger partial charge in [0.1, 0.15) is 5.82 Å². The summed E-state index contributed by atoms with van der Waals surface area (Å²) in [5.74, 6) is -1.43. The Morgan fingerprint density at radius 1 is 0.962 bits per heavy atom. The van der Waals surface area contributed by atoms with Crippen LogP contribution in [0.15, 0.2) is 42.5 Å². The Bertz CT molecular complexity index is 817. The van der Waals surface area contributed by atoms with Gasteiger partial charge in [0.15, 0.2) is 0 Å². The van der Waals surface area contributed by atoms with Crippen molar-refractivity contribution in [2.45, 2.75) is 25.7 Å². The zero-order chi connectivity index (χ0) is 18.5. The molecule has 0 radical (unpaired) electrons. The van der Waals surface area contributed by atoms with Gasteiger partial charge in [0.05, 0.1) is 16.8 Å². The summed E-state index contributed by atoms with van der Waals surface area (Å²) in [7, 11) is 0. The summed E-state index contributed by atoms with van der Waals surface area (Å²) in [6.45, 7) is 1.43. The Kier molecular flexibility index (Phi) is 5.89. The van der Waals surface area contributed by atoms with E-state index in [4.69, 9.17) is 11.6 Å². The highest BCUT2D eigenvalue weighted by Gasteiger charge is 2.21. The standard InChI is InChI=1S/C20H20ClFN2O2/c21-14-9-10-15(17(22)13-14)19(25)23-18-8-4-3-7-16(18)20(26)24-11-5-1-2-6-12-24/h3-4,7-10,13H,1-2,5-6,11-12H2,(H,23,25). The van der Waals surface area contributed by atoms with E-state index >= 15 is 0 Å². The molecule has 4 nitrogen and oxygen atoms in total. The maximum absolute atomic E-state index is 14.0. The van der Waals surface area contributed by atoms with Crippen LogP contribution in [0, 0.1) is 5.82 Å². The van der Waals surface area contributed by atoms with Crippen LogP contribution in [0.3, 0.4) is 0 Å². The van der Waals surface area contributed by atoms with Crippen molar-refractivity contribution in [3.05, 3.63) is 64.4 Å². The molecule has 0 aromatic heterocycles. The molecule has 2 amide bonds. The summed E-state index contributed by atoms with van der Waals surface area (Å²) in [6.07, 6.45) is 4.21. The van der Waals surface area contributed by atoms with Gasteiger partial charge in [-0.1, -0.05) is 36.6 Å². The summed E-state index contributed by atoms with van der Waals surface area (Å²) in [5, 5.41) is 2.87. The first kappa shape index (κ1) is 18.4. The third kappa shape index (κ3) is 4.22. The molecule has 1 aliphatic heterocycles. The molecule has 2 aromatic carbocycles. The summed E-state index contributed by atoms with van der Waals surface area (Å²) in [4.78, 5) is 27.1. The van der Waals surface area contributed by atoms with Gasteiger partial charge in [-0.15, -0.1) is 0 Å². The number of nitrogens with zero attached hydrogens (tertiary/aromatic N) is 1. The number of rotatable bonds is 3. The van der Waals surface area contributed by atoms with E-state index < -0.39 is 11.7 Å². The number of para-hydroxylation sites is 1. The number of nitrogens with one attached hydrogen (secondary N) is 1. The SMILES string of the molecule is O=C(Nc1ccccc1C(=O)N1CCCCCC1)c1ccc(Cl)cc1F. The highest BCUT2D eigenvalue weighted by atomic mass is 35.5. The molecule has 0 bridgehead atoms. The first-order valence-corrected chi connectivity index (χ1v) is 9.09. The molecule has 1 saturated heterocycles. The van der Waals surface area contributed by atoms with Crippen LogP contribution in [-0.2, 0) is 0 Å². The molecule has 26 heavy (non-hydrogen) atoms. The fraction of sp³-hybridized carbons (Fsp3) is 0.300. The predicted octanol–water partition coefficient (Wildman–Crippen LogP) is 4.75. The van der Waals surface area contributed by atoms with Gasteiger partial charge >= 0.3 is 0 Å². The van der Waals surface area contributed by atoms with Gasteiger partial charge < -0.3 is 10.2 Å². The maximum atomic E-state index is 14.0. The average molecular weight is 375 g/mol. The lowest BCUT2D eigenvalue weighted by molar-refractivity contribution is 0.0762. The van der Waals surface area contributed by atoms with Crippen molar-refractivity contribution in [3.8, 4) is 0 Å². The normalized spacial score (nSPS) is 14.6. The second-order valence-corrected chi connectivity index (χ2v) is 6.77. The first-order chi connectivity index (χ1) is 12.6. The van der Waals surface area contributed by atoms with E-state index in [1.807, 2.05) is 4.90 Å². The number of carbonyl (C=O) groups excluding carboxylic acids is 2. The van der Waals surface area contributed by atoms with E-state index in [9.17, 15) is 14.0 Å². The summed E-state index contributed by atoms with van der Waals surface area (Å²) < 4.78 is 14.0. The van der Waals surface area contributed by atoms with Gasteiger partial charge in [-0.2, -0.15) is 0 Å². The number of halogens is 2. The fourth-order valence-electron chi connectivity index (χ4n) is 3.09. The minimum Gasteiger partial charge on any atom is -0.339 e. The zero-order valence-electron chi connectivity index (χ0n) is 14.3. The minimum absolute atomic E-state index is 0.112. The minimum atomic E-state index is -0.702. The van der Waals surface area contributed by atoms with Crippen LogP contribution in [0.25, 0.3) is 0 Å². The van der Waals surface area contributed by atoms with Crippen molar-refractivity contribution in [2.75, 3.05) is 18.4 Å². The van der Waals surface area contributed by atoms with E-state index in [1.165, 1.54) is 12.1 Å². The van der Waals surface area contributed by atoms with E-state index in [0.717, 1.165) is 31.7 Å². The maximum Gasteiger partial charge on any atom is 0.258 e. The molecule has 1 N–H and O–H groups in total. The lowest BCUT2D eigenvalue weighted by atomic mass is 10.1. The highest BCUT2D eigenvalue weighted by molar-refractivity contribution is 6.30. The second kappa shape index (κ2) is 8.32. The Morgan fingerprint density at radius 2 is 1.65 bits per heavy atom. The summed E-state index contributed by atoms with van der Waals surface area (Å²) >= 11 is 5.73. The Labute approximate surface area is 157 Å². The molecule has 6 heteroatoms. The molecule has 2 aromatic rings. The number of likely N-dealkylation sites (tertiary alicyclic amines) is 1. The quantitative estimate of drug-likeness (QED) is 0.843. The van der Waals surface area contributed by atoms with Crippen LogP contribution in [0.2, 0.25) is 5.02 Å². The summed E-state index contributed by atoms with van der Waals surface area (Å²) in [5.41, 5.74) is 0.671. The van der Waals surface area contributed by atoms with Crippen molar-refractivity contribution in [3.63, 3.8) is 0 Å². The highest BCUT2D eigenvalue weighted by Crippen LogP contribution is 2.22. The van der Waals surface area contributed by atoms with E-state index in [0.29, 0.717) is 24.3 Å². The van der Waals surface area contributed by atoms with E-state index in [1.54, 1.807) is 24.3 Å². The van der Waals surface area contributed by atoms with Gasteiger partial charge in [0.25, 0.3) is 11.8 Å². The molecule has 0 aliphatic carbocycles. The van der Waals surface area contributed by atoms with Gasteiger partial charge in [-0.3, -0.25) is 9.59 Å². The zero-order valence-corrected chi connectivity index (χ0v) is 15.1. The van der Waals surface area contributed by atoms with E-state index in [-0.39, 0.29) is 16.5 Å². The Balaban J connectivity index is 1.82. The van der Waals surface area contributed by atoms with Gasteiger partial charge in [0, 0.05) is 18.1 Å². The molecular formula is C20H20ClFN2O2. The van der Waals surface area contributed by atoms with Crippen LogP contribution in [0.4, 0.5) is 10.1 Å². The Morgan fingerprint density at radius 3 is 2.35 bits per heavy atom. The number of benzene rings is 2. The molecule has 0 spiro atoms. The van der Waals surface area contributed by atoms with E-state index in [2.05, 4.69) is 5.32 Å². The predicted molar refractivity (Wildman–Crippen MR) is 100 cm³/mol. The van der Waals surface area contributed by atoms with Crippen molar-refractivity contribution in [1.29, 1.82) is 0 Å². The molecule has 0 saturated carbocycles. The fourth-order valence-corrected chi connectivity index (χ4v) is 3.24. The molecular weight excluding hydrogens is 355 g/mol. The first-order valence-electron chi connectivity index (χ1n) is 8.71. The molecule has 1 heterocycles. The average Bonchev–Trinajstić information content (AvgIpc) is 2.91. The number of hydrogen-bond acceptors (Lipinski definition) is 2. The van der Waals surface area contributed by atoms with Crippen LogP contribution < -0.4 is 5.32 Å². The molecule has 1 fully saturated rings. The van der Waals surface area contributed by atoms with Crippen molar-refractivity contribution in [1.82, 2.24) is 4.90 Å². The van der Waals surface area contributed by atoms with Crippen molar-refractivity contribution >= 4 is 29.1 Å². The van der Waals surface area contributed by atoms with Crippen LogP contribution in [0.1, 0.15) is 46.4 Å². The van der Waals surface area contributed by atoms with Crippen LogP contribution in [-0.4, -0.2) is 29.8 Å². The number of anilines is 1. The summed E-state index contributed by atoms with van der Waals surface area (Å²) in [6, 6.07) is 10.7. The lowest BCUT2D eigenvalue weighted by Gasteiger charge is -2.22. The second-order valence-electron chi connectivity index (χ2n) is 6.33. The molecule has 3 rings (SSSR count).